The van der Waals surface area contributed by atoms with E-state index in [1.165, 1.54) is 0 Å². The van der Waals surface area contributed by atoms with Crippen molar-refractivity contribution in [3.05, 3.63) is 78.5 Å². The van der Waals surface area contributed by atoms with Gasteiger partial charge in [0.1, 0.15) is 24.3 Å². The Morgan fingerprint density at radius 2 is 1.85 bits per heavy atom. The van der Waals surface area contributed by atoms with E-state index in [1.807, 2.05) is 61.5 Å². The largest absolute Gasteiger partial charge is 0.491 e. The molecule has 0 spiro atoms. The number of likely N-dealkylation sites (tertiary alicyclic amines) is 1. The summed E-state index contributed by atoms with van der Waals surface area (Å²) in [5, 5.41) is 13.4. The summed E-state index contributed by atoms with van der Waals surface area (Å²) >= 11 is 0. The third kappa shape index (κ3) is 6.63. The second kappa shape index (κ2) is 11.1. The van der Waals surface area contributed by atoms with Gasteiger partial charge in [-0.05, 0) is 61.7 Å². The molecule has 172 valence electrons. The van der Waals surface area contributed by atoms with Gasteiger partial charge in [-0.1, -0.05) is 48.5 Å². The molecule has 2 N–H and O–H groups in total. The number of pyridine rings is 1. The number of nitrogens with one attached hydrogen (secondary N) is 1. The number of carbonyl (C=O) groups is 1. The van der Waals surface area contributed by atoms with Crippen molar-refractivity contribution in [3.8, 4) is 16.9 Å². The molecule has 1 saturated heterocycles. The molecule has 0 saturated carbocycles. The molecule has 1 aliphatic heterocycles. The van der Waals surface area contributed by atoms with Crippen LogP contribution in [0.4, 0.5) is 5.82 Å². The first-order valence-electron chi connectivity index (χ1n) is 11.5. The number of amides is 1. The average molecular weight is 446 g/mol. The van der Waals surface area contributed by atoms with Crippen LogP contribution in [0.15, 0.2) is 72.8 Å². The molecule has 1 aliphatic rings. The van der Waals surface area contributed by atoms with Gasteiger partial charge in [0.05, 0.1) is 5.92 Å². The predicted octanol–water partition coefficient (Wildman–Crippen LogP) is 4.15. The van der Waals surface area contributed by atoms with Gasteiger partial charge in [-0.15, -0.1) is 0 Å². The lowest BCUT2D eigenvalue weighted by molar-refractivity contribution is -0.121. The van der Waals surface area contributed by atoms with Gasteiger partial charge in [-0.25, -0.2) is 4.98 Å². The minimum absolute atomic E-state index is 0.0120. The van der Waals surface area contributed by atoms with Crippen LogP contribution in [-0.4, -0.2) is 53.2 Å². The van der Waals surface area contributed by atoms with Crippen molar-refractivity contribution in [2.24, 2.45) is 5.92 Å². The zero-order valence-electron chi connectivity index (χ0n) is 19.0. The number of rotatable bonds is 8. The standard InChI is InChI=1S/C27H31N3O3/c1-20-7-5-11-26(28-20)29-27(32)23-10-6-16-30(17-23)18-24(31)19-33-25-14-12-22(13-15-25)21-8-3-2-4-9-21/h2-5,7-9,11-15,23-24,31H,6,10,16-19H2,1H3,(H,28,29,32)/t23-,24+/m0/s1. The number of hydrogen-bond acceptors (Lipinski definition) is 5. The summed E-state index contributed by atoms with van der Waals surface area (Å²) < 4.78 is 5.80. The number of ether oxygens (including phenoxy) is 1. The first-order valence-corrected chi connectivity index (χ1v) is 11.5. The Morgan fingerprint density at radius 3 is 2.61 bits per heavy atom. The van der Waals surface area contributed by atoms with Gasteiger partial charge < -0.3 is 15.2 Å². The van der Waals surface area contributed by atoms with E-state index >= 15 is 0 Å². The summed E-state index contributed by atoms with van der Waals surface area (Å²) in [6.07, 6.45) is 1.14. The van der Waals surface area contributed by atoms with Crippen molar-refractivity contribution in [2.45, 2.75) is 25.9 Å². The summed E-state index contributed by atoms with van der Waals surface area (Å²) in [7, 11) is 0. The van der Waals surface area contributed by atoms with Gasteiger partial charge in [-0.2, -0.15) is 0 Å². The van der Waals surface area contributed by atoms with Crippen molar-refractivity contribution >= 4 is 11.7 Å². The third-order valence-electron chi connectivity index (χ3n) is 5.89. The molecule has 2 atom stereocenters. The normalized spacial score (nSPS) is 17.3. The maximum Gasteiger partial charge on any atom is 0.229 e. The SMILES string of the molecule is Cc1cccc(NC(=O)[C@H]2CCCN(C[C@@H](O)COc3ccc(-c4ccccc4)cc3)C2)n1. The maximum atomic E-state index is 12.7. The molecule has 4 rings (SSSR count). The molecule has 1 aromatic heterocycles. The molecule has 1 fully saturated rings. The molecule has 2 heterocycles. The monoisotopic (exact) mass is 445 g/mol. The molecule has 3 aromatic rings. The fraction of sp³-hybridized carbons (Fsp3) is 0.333. The first-order chi connectivity index (χ1) is 16.1. The molecule has 33 heavy (non-hydrogen) atoms. The van der Waals surface area contributed by atoms with Crippen molar-refractivity contribution in [2.75, 3.05) is 31.6 Å². The number of aromatic nitrogens is 1. The van der Waals surface area contributed by atoms with Gasteiger partial charge in [0, 0.05) is 18.8 Å². The Hall–Kier alpha value is -3.22. The smallest absolute Gasteiger partial charge is 0.229 e. The van der Waals surface area contributed by atoms with Crippen LogP contribution in [0, 0.1) is 12.8 Å². The lowest BCUT2D eigenvalue weighted by atomic mass is 9.97. The lowest BCUT2D eigenvalue weighted by Crippen LogP contribution is -2.44. The zero-order chi connectivity index (χ0) is 23.0. The fourth-order valence-electron chi connectivity index (χ4n) is 4.19. The van der Waals surface area contributed by atoms with Crippen LogP contribution in [0.1, 0.15) is 18.5 Å². The molecular formula is C27H31N3O3. The van der Waals surface area contributed by atoms with Crippen LogP contribution in [0.25, 0.3) is 11.1 Å². The molecule has 6 nitrogen and oxygen atoms in total. The van der Waals surface area contributed by atoms with Crippen molar-refractivity contribution in [1.29, 1.82) is 0 Å². The van der Waals surface area contributed by atoms with Crippen LogP contribution in [0.2, 0.25) is 0 Å². The molecule has 0 unspecified atom stereocenters. The van der Waals surface area contributed by atoms with E-state index in [0.717, 1.165) is 42.0 Å². The quantitative estimate of drug-likeness (QED) is 0.545. The topological polar surface area (TPSA) is 74.7 Å². The van der Waals surface area contributed by atoms with Crippen LogP contribution in [0.3, 0.4) is 0 Å². The Morgan fingerprint density at radius 1 is 1.09 bits per heavy atom. The average Bonchev–Trinajstić information content (AvgIpc) is 2.84. The van der Waals surface area contributed by atoms with Crippen LogP contribution < -0.4 is 10.1 Å². The summed E-state index contributed by atoms with van der Waals surface area (Å²) in [6, 6.07) is 23.7. The summed E-state index contributed by atoms with van der Waals surface area (Å²) in [5.74, 6) is 1.20. The van der Waals surface area contributed by atoms with E-state index in [1.54, 1.807) is 6.07 Å². The highest BCUT2D eigenvalue weighted by molar-refractivity contribution is 5.91. The number of carbonyl (C=O) groups excluding carboxylic acids is 1. The number of benzene rings is 2. The minimum Gasteiger partial charge on any atom is -0.491 e. The van der Waals surface area contributed by atoms with Crippen molar-refractivity contribution in [3.63, 3.8) is 0 Å². The van der Waals surface area contributed by atoms with Gasteiger partial charge >= 0.3 is 0 Å². The number of β-amino-alcohol motifs (C(OH)–C–C–N with tert-alkyl or cyclic N) is 1. The van der Waals surface area contributed by atoms with Crippen molar-refractivity contribution in [1.82, 2.24) is 9.88 Å². The van der Waals surface area contributed by atoms with E-state index in [0.29, 0.717) is 18.9 Å². The maximum absolute atomic E-state index is 12.7. The zero-order valence-corrected chi connectivity index (χ0v) is 19.0. The summed E-state index contributed by atoms with van der Waals surface area (Å²) in [5.41, 5.74) is 3.16. The van der Waals surface area contributed by atoms with E-state index in [4.69, 9.17) is 4.74 Å². The third-order valence-corrected chi connectivity index (χ3v) is 5.89. The lowest BCUT2D eigenvalue weighted by Gasteiger charge is -2.33. The Balaban J connectivity index is 1.23. The molecule has 0 aliphatic carbocycles. The van der Waals surface area contributed by atoms with Gasteiger partial charge in [0.2, 0.25) is 5.91 Å². The molecule has 1 amide bonds. The number of aliphatic hydroxyl groups is 1. The van der Waals surface area contributed by atoms with Crippen LogP contribution >= 0.6 is 0 Å². The highest BCUT2D eigenvalue weighted by atomic mass is 16.5. The number of hydrogen-bond donors (Lipinski definition) is 2. The molecule has 0 bridgehead atoms. The fourth-order valence-corrected chi connectivity index (χ4v) is 4.19. The van der Waals surface area contributed by atoms with Crippen molar-refractivity contribution < 1.29 is 14.6 Å². The Kier molecular flexibility index (Phi) is 7.70. The van der Waals surface area contributed by atoms with E-state index in [-0.39, 0.29) is 18.4 Å². The van der Waals surface area contributed by atoms with E-state index in [2.05, 4.69) is 27.3 Å². The second-order valence-electron chi connectivity index (χ2n) is 8.61. The highest BCUT2D eigenvalue weighted by Crippen LogP contribution is 2.22. The van der Waals surface area contributed by atoms with Crippen LogP contribution in [0.5, 0.6) is 5.75 Å². The number of piperidine rings is 1. The van der Waals surface area contributed by atoms with Gasteiger partial charge in [0.25, 0.3) is 0 Å². The minimum atomic E-state index is -0.626. The summed E-state index contributed by atoms with van der Waals surface area (Å²) in [4.78, 5) is 19.2. The van der Waals surface area contributed by atoms with E-state index < -0.39 is 6.10 Å². The number of anilines is 1. The molecule has 0 radical (unpaired) electrons. The second-order valence-corrected chi connectivity index (χ2v) is 8.61. The summed E-state index contributed by atoms with van der Waals surface area (Å²) in [6.45, 7) is 4.09. The number of nitrogens with zero attached hydrogens (tertiary/aromatic N) is 2. The first kappa shape index (κ1) is 23.0. The Bertz CT molecular complexity index is 1040. The number of aliphatic hydroxyl groups excluding tert-OH is 1. The molecule has 6 heteroatoms. The molecular weight excluding hydrogens is 414 g/mol. The van der Waals surface area contributed by atoms with Gasteiger partial charge in [-0.3, -0.25) is 9.69 Å². The Labute approximate surface area is 195 Å². The molecule has 2 aromatic carbocycles. The highest BCUT2D eigenvalue weighted by Gasteiger charge is 2.27. The van der Waals surface area contributed by atoms with E-state index in [9.17, 15) is 9.90 Å². The van der Waals surface area contributed by atoms with Gasteiger partial charge in [0.15, 0.2) is 0 Å². The van der Waals surface area contributed by atoms with Crippen LogP contribution in [-0.2, 0) is 4.79 Å². The number of aryl methyl sites for hydroxylation is 1. The predicted molar refractivity (Wildman–Crippen MR) is 130 cm³/mol.